The van der Waals surface area contributed by atoms with Crippen molar-refractivity contribution in [2.75, 3.05) is 20.6 Å². The van der Waals surface area contributed by atoms with Crippen molar-refractivity contribution in [2.24, 2.45) is 0 Å². The Balaban J connectivity index is 1.81. The first kappa shape index (κ1) is 28.1. The molecule has 0 fully saturated rings. The molecule has 0 aliphatic carbocycles. The van der Waals surface area contributed by atoms with E-state index in [2.05, 4.69) is 10.0 Å². The molecule has 8 nitrogen and oxygen atoms in total. The maximum Gasteiger partial charge on any atom is 0.261 e. The SMILES string of the molecule is Cc1ccc(Cl)cc1N(C(C)C(=O)Nc1ccc(S(=O)(=O)Nc2cccc(Cl)c2Cl)cc1)S(C)(=O)=O. The fourth-order valence-corrected chi connectivity index (χ4v) is 6.22. The van der Waals surface area contributed by atoms with Gasteiger partial charge in [0.15, 0.2) is 0 Å². The van der Waals surface area contributed by atoms with Gasteiger partial charge in [-0.2, -0.15) is 0 Å². The van der Waals surface area contributed by atoms with E-state index in [1.54, 1.807) is 25.1 Å². The number of benzene rings is 3. The predicted octanol–water partition coefficient (Wildman–Crippen LogP) is 5.55. The van der Waals surface area contributed by atoms with E-state index < -0.39 is 32.0 Å². The van der Waals surface area contributed by atoms with Crippen molar-refractivity contribution in [1.29, 1.82) is 0 Å². The van der Waals surface area contributed by atoms with Gasteiger partial charge in [-0.1, -0.05) is 46.9 Å². The van der Waals surface area contributed by atoms with Gasteiger partial charge < -0.3 is 5.32 Å². The molecule has 0 bridgehead atoms. The van der Waals surface area contributed by atoms with E-state index in [1.165, 1.54) is 49.4 Å². The highest BCUT2D eigenvalue weighted by molar-refractivity contribution is 7.92. The van der Waals surface area contributed by atoms with Gasteiger partial charge in [-0.05, 0) is 67.9 Å². The lowest BCUT2D eigenvalue weighted by Gasteiger charge is -2.29. The van der Waals surface area contributed by atoms with Crippen molar-refractivity contribution in [2.45, 2.75) is 24.8 Å². The van der Waals surface area contributed by atoms with Gasteiger partial charge >= 0.3 is 0 Å². The fourth-order valence-electron chi connectivity index (χ4n) is 3.35. The van der Waals surface area contributed by atoms with Crippen LogP contribution in [0.4, 0.5) is 17.1 Å². The molecule has 1 atom stereocenters. The van der Waals surface area contributed by atoms with Crippen molar-refractivity contribution in [3.63, 3.8) is 0 Å². The quantitative estimate of drug-likeness (QED) is 0.357. The fraction of sp³-hybridized carbons (Fsp3) is 0.174. The molecule has 3 aromatic rings. The summed E-state index contributed by atoms with van der Waals surface area (Å²) in [6, 6.07) is 13.5. The summed E-state index contributed by atoms with van der Waals surface area (Å²) in [5.74, 6) is -0.626. The van der Waals surface area contributed by atoms with Crippen molar-refractivity contribution < 1.29 is 21.6 Å². The first-order valence-electron chi connectivity index (χ1n) is 10.3. The van der Waals surface area contributed by atoms with Crippen LogP contribution in [0, 0.1) is 6.92 Å². The summed E-state index contributed by atoms with van der Waals surface area (Å²) in [7, 11) is -7.85. The van der Waals surface area contributed by atoms with E-state index in [1.807, 2.05) is 0 Å². The van der Waals surface area contributed by atoms with Crippen LogP contribution in [0.25, 0.3) is 0 Å². The molecular weight excluding hydrogens is 569 g/mol. The minimum atomic E-state index is -4.00. The Kier molecular flexibility index (Phi) is 8.47. The van der Waals surface area contributed by atoms with Gasteiger partial charge in [0.25, 0.3) is 10.0 Å². The molecule has 0 spiro atoms. The van der Waals surface area contributed by atoms with E-state index in [0.717, 1.165) is 10.6 Å². The molecule has 3 rings (SSSR count). The van der Waals surface area contributed by atoms with Gasteiger partial charge in [0.2, 0.25) is 15.9 Å². The smallest absolute Gasteiger partial charge is 0.261 e. The van der Waals surface area contributed by atoms with Gasteiger partial charge in [0.1, 0.15) is 6.04 Å². The van der Waals surface area contributed by atoms with Crippen molar-refractivity contribution in [1.82, 2.24) is 0 Å². The van der Waals surface area contributed by atoms with Crippen LogP contribution < -0.4 is 14.3 Å². The zero-order valence-corrected chi connectivity index (χ0v) is 23.2. The molecule has 0 aliphatic rings. The maximum absolute atomic E-state index is 13.0. The summed E-state index contributed by atoms with van der Waals surface area (Å²) in [6.07, 6.45) is 0.996. The van der Waals surface area contributed by atoms with Crippen LogP contribution >= 0.6 is 34.8 Å². The Morgan fingerprint density at radius 2 is 1.58 bits per heavy atom. The van der Waals surface area contributed by atoms with Crippen LogP contribution in [-0.4, -0.2) is 35.0 Å². The highest BCUT2D eigenvalue weighted by Crippen LogP contribution is 2.32. The van der Waals surface area contributed by atoms with Crippen molar-refractivity contribution in [3.05, 3.63) is 81.3 Å². The second-order valence-electron chi connectivity index (χ2n) is 7.89. The van der Waals surface area contributed by atoms with Crippen LogP contribution in [-0.2, 0) is 24.8 Å². The molecule has 1 amide bonds. The summed E-state index contributed by atoms with van der Waals surface area (Å²) in [6.45, 7) is 3.15. The lowest BCUT2D eigenvalue weighted by atomic mass is 10.1. The van der Waals surface area contributed by atoms with Crippen LogP contribution in [0.2, 0.25) is 15.1 Å². The number of rotatable bonds is 8. The highest BCUT2D eigenvalue weighted by Gasteiger charge is 2.30. The van der Waals surface area contributed by atoms with Crippen LogP contribution in [0.5, 0.6) is 0 Å². The molecule has 0 aromatic heterocycles. The lowest BCUT2D eigenvalue weighted by molar-refractivity contribution is -0.116. The number of halogens is 3. The van der Waals surface area contributed by atoms with Crippen molar-refractivity contribution >= 4 is 77.8 Å². The third-order valence-corrected chi connectivity index (χ3v) is 8.79. The van der Waals surface area contributed by atoms with E-state index >= 15 is 0 Å². The largest absolute Gasteiger partial charge is 0.324 e. The molecule has 2 N–H and O–H groups in total. The van der Waals surface area contributed by atoms with Crippen LogP contribution in [0.3, 0.4) is 0 Å². The van der Waals surface area contributed by atoms with Crippen molar-refractivity contribution in [3.8, 4) is 0 Å². The maximum atomic E-state index is 13.0. The predicted molar refractivity (Wildman–Crippen MR) is 145 cm³/mol. The molecule has 192 valence electrons. The Morgan fingerprint density at radius 1 is 0.944 bits per heavy atom. The number of carbonyl (C=O) groups excluding carboxylic acids is 1. The van der Waals surface area contributed by atoms with E-state index in [0.29, 0.717) is 10.6 Å². The number of amides is 1. The van der Waals surface area contributed by atoms with Gasteiger partial charge in [-0.25, -0.2) is 16.8 Å². The number of hydrogen-bond acceptors (Lipinski definition) is 5. The molecule has 36 heavy (non-hydrogen) atoms. The Hall–Kier alpha value is -2.50. The number of hydrogen-bond donors (Lipinski definition) is 2. The average Bonchev–Trinajstić information content (AvgIpc) is 2.78. The zero-order chi connectivity index (χ0) is 26.8. The number of nitrogens with one attached hydrogen (secondary N) is 2. The third kappa shape index (κ3) is 6.43. The summed E-state index contributed by atoms with van der Waals surface area (Å²) in [5, 5.41) is 3.19. The van der Waals surface area contributed by atoms with Gasteiger partial charge in [-0.15, -0.1) is 0 Å². The average molecular weight is 591 g/mol. The van der Waals surface area contributed by atoms with Crippen LogP contribution in [0.1, 0.15) is 12.5 Å². The molecular formula is C23H22Cl3N3O5S2. The van der Waals surface area contributed by atoms with E-state index in [-0.39, 0.29) is 32.0 Å². The topological polar surface area (TPSA) is 113 Å². The standard InChI is InChI=1S/C23H22Cl3N3O5S2/c1-14-7-8-16(24)13-21(14)29(35(3,31)32)15(2)23(30)27-17-9-11-18(12-10-17)36(33,34)28-20-6-4-5-19(25)22(20)26/h4-13,15,28H,1-3H3,(H,27,30). The van der Waals surface area contributed by atoms with Gasteiger partial charge in [-0.3, -0.25) is 13.8 Å². The minimum absolute atomic E-state index is 0.0611. The molecule has 0 heterocycles. The number of anilines is 3. The zero-order valence-electron chi connectivity index (χ0n) is 19.3. The molecule has 0 radical (unpaired) electrons. The van der Waals surface area contributed by atoms with E-state index in [4.69, 9.17) is 34.8 Å². The van der Waals surface area contributed by atoms with Gasteiger partial charge in [0.05, 0.1) is 32.6 Å². The number of nitrogens with zero attached hydrogens (tertiary/aromatic N) is 1. The summed E-state index contributed by atoms with van der Waals surface area (Å²) in [5.41, 5.74) is 1.28. The summed E-state index contributed by atoms with van der Waals surface area (Å²) >= 11 is 18.0. The van der Waals surface area contributed by atoms with E-state index in [9.17, 15) is 21.6 Å². The lowest BCUT2D eigenvalue weighted by Crippen LogP contribution is -2.45. The molecule has 0 aliphatic heterocycles. The number of carbonyl (C=O) groups is 1. The molecule has 0 saturated carbocycles. The Morgan fingerprint density at radius 3 is 2.19 bits per heavy atom. The Bertz CT molecular complexity index is 1510. The minimum Gasteiger partial charge on any atom is -0.324 e. The molecule has 3 aromatic carbocycles. The molecule has 13 heteroatoms. The summed E-state index contributed by atoms with van der Waals surface area (Å²) < 4.78 is 53.9. The Labute approximate surface area is 225 Å². The monoisotopic (exact) mass is 589 g/mol. The molecule has 0 saturated heterocycles. The normalized spacial score (nSPS) is 12.6. The second-order valence-corrected chi connectivity index (χ2v) is 12.6. The number of sulfonamides is 2. The van der Waals surface area contributed by atoms with Crippen LogP contribution in [0.15, 0.2) is 65.6 Å². The van der Waals surface area contributed by atoms with Gasteiger partial charge in [0, 0.05) is 10.7 Å². The first-order chi connectivity index (χ1) is 16.7. The molecule has 1 unspecified atom stereocenters. The summed E-state index contributed by atoms with van der Waals surface area (Å²) in [4.78, 5) is 12.9. The second kappa shape index (κ2) is 10.9. The first-order valence-corrected chi connectivity index (χ1v) is 14.8. The number of aryl methyl sites for hydroxylation is 1. The third-order valence-electron chi connectivity index (χ3n) is 5.13. The highest BCUT2D eigenvalue weighted by atomic mass is 35.5.